The lowest BCUT2D eigenvalue weighted by Crippen LogP contribution is -2.68. The van der Waals surface area contributed by atoms with Crippen molar-refractivity contribution in [3.05, 3.63) is 33.4 Å². The Hall–Kier alpha value is -3.18. The van der Waals surface area contributed by atoms with Crippen molar-refractivity contribution in [3.8, 4) is 10.7 Å². The number of aromatic nitrogens is 5. The second-order valence-corrected chi connectivity index (χ2v) is 21.7. The zero-order valence-electron chi connectivity index (χ0n) is 42.2. The number of carbonyl (C=O) groups excluding carboxylic acids is 2. The number of amides is 1. The monoisotopic (exact) mass is 1100 g/mol. The molecule has 0 aromatic carbocycles. The van der Waals surface area contributed by atoms with Crippen molar-refractivity contribution in [2.75, 3.05) is 19.6 Å². The minimum absolute atomic E-state index is 0.0506. The molecule has 6 heterocycles. The van der Waals surface area contributed by atoms with Gasteiger partial charge in [0.1, 0.15) is 83.5 Å². The molecule has 19 N–H and O–H groups in total. The zero-order chi connectivity index (χ0) is 53.9. The molecule has 0 bridgehead atoms. The lowest BCUT2D eigenvalue weighted by atomic mass is 9.84. The van der Waals surface area contributed by atoms with Crippen LogP contribution in [0.1, 0.15) is 98.7 Å². The molecule has 19 atom stereocenters. The Kier molecular flexibility index (Phi) is 22.3. The van der Waals surface area contributed by atoms with Gasteiger partial charge in [-0.3, -0.25) is 9.59 Å². The van der Waals surface area contributed by atoms with Gasteiger partial charge in [0.2, 0.25) is 5.91 Å². The van der Waals surface area contributed by atoms with Gasteiger partial charge < -0.3 is 98.8 Å². The highest BCUT2D eigenvalue weighted by Gasteiger charge is 2.54. The van der Waals surface area contributed by atoms with Gasteiger partial charge in [0, 0.05) is 74.4 Å². The van der Waals surface area contributed by atoms with Gasteiger partial charge in [0.05, 0.1) is 35.4 Å². The lowest BCUT2D eigenvalue weighted by Gasteiger charge is -2.47. The van der Waals surface area contributed by atoms with Gasteiger partial charge >= 0.3 is 0 Å². The van der Waals surface area contributed by atoms with Gasteiger partial charge in [0.25, 0.3) is 0 Å². The Morgan fingerprint density at radius 2 is 1.31 bits per heavy atom. The fourth-order valence-corrected chi connectivity index (χ4v) is 11.3. The van der Waals surface area contributed by atoms with Crippen molar-refractivity contribution in [1.29, 1.82) is 0 Å². The maximum absolute atomic E-state index is 13.0. The number of carbonyl (C=O) groups is 2. The largest absolute Gasteiger partial charge is 0.389 e. The summed E-state index contributed by atoms with van der Waals surface area (Å²) < 4.78 is 38.0. The number of hydrogen-bond donors (Lipinski definition) is 13. The van der Waals surface area contributed by atoms with Crippen molar-refractivity contribution in [3.63, 3.8) is 0 Å². The van der Waals surface area contributed by atoms with E-state index in [1.165, 1.54) is 59.5 Å². The van der Waals surface area contributed by atoms with E-state index in [1.807, 2.05) is 5.38 Å². The number of nitrogens with one attached hydrogen (secondary N) is 1. The number of unbranched alkanes of at least 4 members (excludes halogenated alkanes) is 7. The molecule has 19 unspecified atom stereocenters. The number of aryl methyl sites for hydroxylation is 1. The number of rotatable bonds is 27. The van der Waals surface area contributed by atoms with Crippen molar-refractivity contribution < 1.29 is 68.6 Å². The summed E-state index contributed by atoms with van der Waals surface area (Å²) in [7, 11) is 0. The SMILES string of the molecule is CCCCCCCCCCC(=O)c1csc(-c2csc(CCNC(=O)CCc3cn(CC4OC(OC5C(O)C(N)CC(N)C5OC5OC(CN)C(O)C(O)C5N)C(O)C4OC4OC(CN)C(O)C(O)C4N)nn3)n2)n1. The molecule has 26 nitrogen and oxygen atoms in total. The van der Waals surface area contributed by atoms with Crippen LogP contribution >= 0.6 is 22.7 Å². The third-order valence-corrected chi connectivity index (χ3v) is 16.0. The molecule has 75 heavy (non-hydrogen) atoms. The number of nitrogens with two attached hydrogens (primary N) is 6. The fourth-order valence-electron chi connectivity index (χ4n) is 9.70. The molecule has 1 amide bonds. The molecular formula is C47H78N12O14S2. The first-order chi connectivity index (χ1) is 36.0. The minimum atomic E-state index is -1.66. The number of Topliss-reactive ketones (excluding diaryl/α,β-unsaturated/α-hetero) is 1. The van der Waals surface area contributed by atoms with Gasteiger partial charge in [-0.05, 0) is 12.8 Å². The smallest absolute Gasteiger partial charge is 0.220 e. The van der Waals surface area contributed by atoms with E-state index in [0.29, 0.717) is 41.5 Å². The standard InChI is InChI=1S/C47H78N12O14S2/c1-2-3-4-5-6-7-8-9-10-27(60)25-20-75-44(56-25)26-21-74-32(55-26)13-14-54-31(61)12-11-22-18-59(58-57-22)19-30-42(72-46-34(53)39(66)37(64)29(17-49)69-46)40(67)47(70-30)73-43-35(62)23(50)15-24(51)41(43)71-45-33(52)38(65)36(63)28(16-48)68-45/h18,20-21,23-24,28-30,33-43,45-47,62-67H,2-17,19,48-53H2,1H3,(H,54,61). The Morgan fingerprint density at radius 3 is 1.96 bits per heavy atom. The predicted molar refractivity (Wildman–Crippen MR) is 271 cm³/mol. The summed E-state index contributed by atoms with van der Waals surface area (Å²) in [6, 6.07) is -4.40. The number of ketones is 1. The number of nitrogens with zero attached hydrogens (tertiary/aromatic N) is 5. The second kappa shape index (κ2) is 28.1. The fraction of sp³-hybridized carbons (Fsp3) is 0.787. The van der Waals surface area contributed by atoms with Crippen LogP contribution in [0.5, 0.6) is 0 Å². The second-order valence-electron chi connectivity index (χ2n) is 19.9. The number of hydrogen-bond acceptors (Lipinski definition) is 26. The molecule has 3 saturated heterocycles. The topological polar surface area (TPSA) is 436 Å². The molecule has 422 valence electrons. The van der Waals surface area contributed by atoms with Gasteiger partial charge in [0.15, 0.2) is 24.7 Å². The summed E-state index contributed by atoms with van der Waals surface area (Å²) in [6.45, 7) is 2.04. The summed E-state index contributed by atoms with van der Waals surface area (Å²) in [4.78, 5) is 35.0. The van der Waals surface area contributed by atoms with Crippen LogP contribution in [0.4, 0.5) is 0 Å². The molecule has 1 aliphatic carbocycles. The number of thiazole rings is 2. The zero-order valence-corrected chi connectivity index (χ0v) is 43.8. The molecule has 4 fully saturated rings. The number of aliphatic hydroxyl groups excluding tert-OH is 6. The van der Waals surface area contributed by atoms with Gasteiger partial charge in [-0.2, -0.15) is 0 Å². The van der Waals surface area contributed by atoms with Crippen LogP contribution in [-0.4, -0.2) is 203 Å². The van der Waals surface area contributed by atoms with Crippen LogP contribution in [0.3, 0.4) is 0 Å². The van der Waals surface area contributed by atoms with E-state index < -0.39 is 116 Å². The Morgan fingerprint density at radius 1 is 0.693 bits per heavy atom. The average Bonchev–Trinajstić information content (AvgIpc) is 4.23. The highest BCUT2D eigenvalue weighted by Crippen LogP contribution is 2.35. The van der Waals surface area contributed by atoms with E-state index in [9.17, 15) is 40.2 Å². The van der Waals surface area contributed by atoms with E-state index in [4.69, 9.17) is 67.8 Å². The molecule has 4 aliphatic rings. The summed E-state index contributed by atoms with van der Waals surface area (Å²) in [6.07, 6.45) is -8.28. The number of ether oxygens (including phenoxy) is 6. The molecular weight excluding hydrogens is 1020 g/mol. The van der Waals surface area contributed by atoms with Crippen LogP contribution in [-0.2, 0) is 52.6 Å². The molecule has 3 aromatic rings. The van der Waals surface area contributed by atoms with Crippen LogP contribution < -0.4 is 39.7 Å². The summed E-state index contributed by atoms with van der Waals surface area (Å²) in [5.74, 6) is -0.172. The van der Waals surface area contributed by atoms with E-state index >= 15 is 0 Å². The van der Waals surface area contributed by atoms with Gasteiger partial charge in [-0.15, -0.1) is 27.8 Å². The molecule has 28 heteroatoms. The summed E-state index contributed by atoms with van der Waals surface area (Å²) >= 11 is 2.85. The van der Waals surface area contributed by atoms with Crippen molar-refractivity contribution >= 4 is 34.4 Å². The first-order valence-electron chi connectivity index (χ1n) is 26.0. The van der Waals surface area contributed by atoms with Crippen LogP contribution in [0, 0.1) is 0 Å². The minimum Gasteiger partial charge on any atom is -0.389 e. The Bertz CT molecular complexity index is 2230. The normalized spacial score (nSPS) is 35.2. The summed E-state index contributed by atoms with van der Waals surface area (Å²) in [5, 5.41) is 82.2. The third-order valence-electron chi connectivity index (χ3n) is 14.2. The maximum Gasteiger partial charge on any atom is 0.220 e. The van der Waals surface area contributed by atoms with E-state index in [1.54, 1.807) is 11.6 Å². The predicted octanol–water partition coefficient (Wildman–Crippen LogP) is -3.01. The Balaban J connectivity index is 0.933. The van der Waals surface area contributed by atoms with Crippen molar-refractivity contribution in [2.24, 2.45) is 34.4 Å². The van der Waals surface area contributed by atoms with Crippen LogP contribution in [0.15, 0.2) is 17.0 Å². The van der Waals surface area contributed by atoms with Crippen molar-refractivity contribution in [2.45, 2.75) is 213 Å². The Labute approximate surface area is 443 Å². The number of aliphatic hydroxyl groups is 6. The molecule has 0 radical (unpaired) electrons. The van der Waals surface area contributed by atoms with Gasteiger partial charge in [-0.1, -0.05) is 57.1 Å². The molecule has 3 aromatic heterocycles. The molecule has 7 rings (SSSR count). The molecule has 1 saturated carbocycles. The van der Waals surface area contributed by atoms with E-state index in [0.717, 1.165) is 24.3 Å². The highest BCUT2D eigenvalue weighted by atomic mass is 32.1. The van der Waals surface area contributed by atoms with E-state index in [-0.39, 0.29) is 50.6 Å². The van der Waals surface area contributed by atoms with Gasteiger partial charge in [-0.25, -0.2) is 14.6 Å². The highest BCUT2D eigenvalue weighted by molar-refractivity contribution is 7.14. The third kappa shape index (κ3) is 15.1. The quantitative estimate of drug-likeness (QED) is 0.0267. The average molecular weight is 1100 g/mol. The van der Waals surface area contributed by atoms with E-state index in [2.05, 4.69) is 27.5 Å². The first-order valence-corrected chi connectivity index (χ1v) is 27.8. The maximum atomic E-state index is 13.0. The molecule has 0 spiro atoms. The first kappa shape index (κ1) is 59.5. The summed E-state index contributed by atoms with van der Waals surface area (Å²) in [5.41, 5.74) is 38.5. The lowest BCUT2D eigenvalue weighted by molar-refractivity contribution is -0.306. The molecule has 3 aliphatic heterocycles. The van der Waals surface area contributed by atoms with Crippen LogP contribution in [0.25, 0.3) is 10.7 Å². The van der Waals surface area contributed by atoms with Crippen LogP contribution in [0.2, 0.25) is 0 Å². The van der Waals surface area contributed by atoms with Crippen molar-refractivity contribution in [1.82, 2.24) is 30.3 Å².